The van der Waals surface area contributed by atoms with E-state index in [0.717, 1.165) is 25.0 Å². The summed E-state index contributed by atoms with van der Waals surface area (Å²) in [5.41, 5.74) is -0.387. The molecule has 0 amide bonds. The summed E-state index contributed by atoms with van der Waals surface area (Å²) in [5, 5.41) is 4.05. The van der Waals surface area contributed by atoms with Crippen molar-refractivity contribution in [2.45, 2.75) is 30.8 Å². The molecule has 3 rings (SSSR count). The van der Waals surface area contributed by atoms with E-state index in [1.165, 1.54) is 23.0 Å². The molecule has 1 heterocycles. The second-order valence-electron chi connectivity index (χ2n) is 5.44. The quantitative estimate of drug-likeness (QED) is 0.853. The molecule has 5 nitrogen and oxygen atoms in total. The molecule has 0 spiro atoms. The maximum Gasteiger partial charge on any atom is 0.279 e. The normalized spacial score (nSPS) is 15.1. The van der Waals surface area contributed by atoms with Crippen LogP contribution >= 0.6 is 11.6 Å². The second-order valence-corrected chi connectivity index (χ2v) is 7.48. The van der Waals surface area contributed by atoms with Crippen LogP contribution in [0.15, 0.2) is 35.5 Å². The van der Waals surface area contributed by atoms with Gasteiger partial charge in [0.25, 0.3) is 16.4 Å². The van der Waals surface area contributed by atoms with Gasteiger partial charge in [0.2, 0.25) is 0 Å². The van der Waals surface area contributed by atoms with Crippen molar-refractivity contribution in [3.05, 3.63) is 41.0 Å². The van der Waals surface area contributed by atoms with Crippen molar-refractivity contribution in [3.8, 4) is 0 Å². The van der Waals surface area contributed by atoms with Crippen LogP contribution < -0.4 is 4.72 Å². The molecule has 0 saturated heterocycles. The minimum atomic E-state index is -3.96. The SMILES string of the molecule is O=S(=O)(Nc1cc(C(F)F)ccc1Cl)c1ccnn1CC1CC1. The highest BCUT2D eigenvalue weighted by Gasteiger charge is 2.27. The van der Waals surface area contributed by atoms with Gasteiger partial charge >= 0.3 is 0 Å². The van der Waals surface area contributed by atoms with E-state index in [1.807, 2.05) is 0 Å². The van der Waals surface area contributed by atoms with Gasteiger partial charge in [0.15, 0.2) is 5.03 Å². The van der Waals surface area contributed by atoms with Crippen LogP contribution in [0.4, 0.5) is 14.5 Å². The summed E-state index contributed by atoms with van der Waals surface area (Å²) in [6, 6.07) is 4.80. The van der Waals surface area contributed by atoms with Crippen molar-refractivity contribution in [3.63, 3.8) is 0 Å². The Morgan fingerprint density at radius 3 is 2.74 bits per heavy atom. The number of sulfonamides is 1. The standard InChI is InChI=1S/C14H14ClF2N3O2S/c15-11-4-3-10(14(16)17)7-12(11)19-23(21,22)13-5-6-18-20(13)8-9-1-2-9/h3-7,9,14,19H,1-2,8H2. The van der Waals surface area contributed by atoms with Crippen LogP contribution in [0.1, 0.15) is 24.8 Å². The Hall–Kier alpha value is -1.67. The zero-order valence-electron chi connectivity index (χ0n) is 11.9. The smallest absolute Gasteiger partial charge is 0.277 e. The van der Waals surface area contributed by atoms with Gasteiger partial charge in [-0.15, -0.1) is 0 Å². The fraction of sp³-hybridized carbons (Fsp3) is 0.357. The van der Waals surface area contributed by atoms with E-state index < -0.39 is 16.4 Å². The van der Waals surface area contributed by atoms with Crippen LogP contribution in [-0.2, 0) is 16.6 Å². The van der Waals surface area contributed by atoms with Crippen molar-refractivity contribution >= 4 is 27.3 Å². The monoisotopic (exact) mass is 361 g/mol. The van der Waals surface area contributed by atoms with E-state index in [4.69, 9.17) is 11.6 Å². The van der Waals surface area contributed by atoms with Crippen molar-refractivity contribution < 1.29 is 17.2 Å². The Kier molecular flexibility index (Phi) is 4.29. The van der Waals surface area contributed by atoms with E-state index in [2.05, 4.69) is 9.82 Å². The molecular weight excluding hydrogens is 348 g/mol. The van der Waals surface area contributed by atoms with E-state index in [0.29, 0.717) is 12.5 Å². The van der Waals surface area contributed by atoms with Gasteiger partial charge in [0.05, 0.1) is 16.9 Å². The minimum Gasteiger partial charge on any atom is -0.277 e. The lowest BCUT2D eigenvalue weighted by molar-refractivity contribution is 0.151. The van der Waals surface area contributed by atoms with E-state index in [-0.39, 0.29) is 21.3 Å². The highest BCUT2D eigenvalue weighted by Crippen LogP contribution is 2.32. The fourth-order valence-corrected chi connectivity index (χ4v) is 3.61. The molecule has 0 atom stereocenters. The number of nitrogens with zero attached hydrogens (tertiary/aromatic N) is 2. The van der Waals surface area contributed by atoms with Gasteiger partial charge in [-0.1, -0.05) is 17.7 Å². The van der Waals surface area contributed by atoms with Crippen LogP contribution in [0.5, 0.6) is 0 Å². The number of hydrogen-bond acceptors (Lipinski definition) is 3. The summed E-state index contributed by atoms with van der Waals surface area (Å²) in [4.78, 5) is 0. The molecule has 23 heavy (non-hydrogen) atoms. The number of halogens is 3. The maximum absolute atomic E-state index is 12.8. The molecule has 124 valence electrons. The van der Waals surface area contributed by atoms with E-state index in [9.17, 15) is 17.2 Å². The molecule has 1 fully saturated rings. The average Bonchev–Trinajstić information content (AvgIpc) is 3.15. The zero-order chi connectivity index (χ0) is 16.6. The topological polar surface area (TPSA) is 64.0 Å². The number of rotatable bonds is 6. The first-order valence-corrected chi connectivity index (χ1v) is 8.85. The molecule has 0 bridgehead atoms. The Morgan fingerprint density at radius 1 is 1.35 bits per heavy atom. The van der Waals surface area contributed by atoms with Crippen LogP contribution in [0.3, 0.4) is 0 Å². The average molecular weight is 362 g/mol. The molecule has 9 heteroatoms. The summed E-state index contributed by atoms with van der Waals surface area (Å²) >= 11 is 5.91. The van der Waals surface area contributed by atoms with E-state index >= 15 is 0 Å². The molecule has 1 aromatic heterocycles. The van der Waals surface area contributed by atoms with Gasteiger partial charge < -0.3 is 0 Å². The first kappa shape index (κ1) is 16.2. The molecule has 2 aromatic rings. The molecule has 1 N–H and O–H groups in total. The summed E-state index contributed by atoms with van der Waals surface area (Å²) < 4.78 is 54.2. The second kappa shape index (κ2) is 6.09. The summed E-state index contributed by atoms with van der Waals surface area (Å²) in [6.45, 7) is 0.522. The predicted molar refractivity (Wildman–Crippen MR) is 82.2 cm³/mol. The lowest BCUT2D eigenvalue weighted by atomic mass is 10.2. The number of nitrogens with one attached hydrogen (secondary N) is 1. The predicted octanol–water partition coefficient (Wildman–Crippen LogP) is 3.68. The summed E-state index contributed by atoms with van der Waals surface area (Å²) in [7, 11) is -3.96. The third-order valence-corrected chi connectivity index (χ3v) is 5.28. The highest BCUT2D eigenvalue weighted by atomic mass is 35.5. The zero-order valence-corrected chi connectivity index (χ0v) is 13.5. The molecule has 1 aromatic carbocycles. The lowest BCUT2D eigenvalue weighted by Crippen LogP contribution is -2.19. The van der Waals surface area contributed by atoms with Gasteiger partial charge in [0, 0.05) is 12.1 Å². The van der Waals surface area contributed by atoms with Crippen molar-refractivity contribution in [2.24, 2.45) is 5.92 Å². The Balaban J connectivity index is 1.89. The molecule has 1 saturated carbocycles. The summed E-state index contributed by atoms with van der Waals surface area (Å²) in [6.07, 6.45) is 0.786. The molecule has 1 aliphatic carbocycles. The number of alkyl halides is 2. The third kappa shape index (κ3) is 3.64. The van der Waals surface area contributed by atoms with Crippen molar-refractivity contribution in [1.82, 2.24) is 9.78 Å². The molecule has 0 aliphatic heterocycles. The van der Waals surface area contributed by atoms with Gasteiger partial charge in [-0.05, 0) is 37.0 Å². The molecular formula is C14H14ClF2N3O2S. The number of anilines is 1. The number of hydrogen-bond donors (Lipinski definition) is 1. The van der Waals surface area contributed by atoms with E-state index in [1.54, 1.807) is 0 Å². The number of benzene rings is 1. The first-order valence-electron chi connectivity index (χ1n) is 6.99. The van der Waals surface area contributed by atoms with Crippen LogP contribution in [0.2, 0.25) is 5.02 Å². The Morgan fingerprint density at radius 2 is 2.09 bits per heavy atom. The maximum atomic E-state index is 12.8. The lowest BCUT2D eigenvalue weighted by Gasteiger charge is -2.12. The minimum absolute atomic E-state index is 0.0112. The third-order valence-electron chi connectivity index (χ3n) is 3.57. The molecule has 0 unspecified atom stereocenters. The summed E-state index contributed by atoms with van der Waals surface area (Å²) in [5.74, 6) is 0.439. The van der Waals surface area contributed by atoms with Crippen LogP contribution in [0, 0.1) is 5.92 Å². The van der Waals surface area contributed by atoms with Crippen LogP contribution in [0.25, 0.3) is 0 Å². The van der Waals surface area contributed by atoms with Gasteiger partial charge in [-0.3, -0.25) is 9.40 Å². The molecule has 0 radical (unpaired) electrons. The van der Waals surface area contributed by atoms with Crippen LogP contribution in [-0.4, -0.2) is 18.2 Å². The van der Waals surface area contributed by atoms with Crippen molar-refractivity contribution in [1.29, 1.82) is 0 Å². The van der Waals surface area contributed by atoms with Gasteiger partial charge in [0.1, 0.15) is 0 Å². The number of aromatic nitrogens is 2. The molecule has 1 aliphatic rings. The van der Waals surface area contributed by atoms with Gasteiger partial charge in [-0.25, -0.2) is 8.78 Å². The first-order chi connectivity index (χ1) is 10.9. The largest absolute Gasteiger partial charge is 0.279 e. The highest BCUT2D eigenvalue weighted by molar-refractivity contribution is 7.92. The Bertz CT molecular complexity index is 819. The van der Waals surface area contributed by atoms with Gasteiger partial charge in [-0.2, -0.15) is 13.5 Å². The Labute approximate surface area is 137 Å². The fourth-order valence-electron chi connectivity index (χ4n) is 2.18. The van der Waals surface area contributed by atoms with Crippen molar-refractivity contribution in [2.75, 3.05) is 4.72 Å².